The molecular formula is C9H17F3N2. The van der Waals surface area contributed by atoms with Crippen LogP contribution in [0.5, 0.6) is 0 Å². The van der Waals surface area contributed by atoms with Crippen LogP contribution in [0.4, 0.5) is 13.2 Å². The molecule has 14 heavy (non-hydrogen) atoms. The highest BCUT2D eigenvalue weighted by Gasteiger charge is 2.35. The molecule has 1 fully saturated rings. The van der Waals surface area contributed by atoms with E-state index in [0.29, 0.717) is 19.0 Å². The molecule has 1 heterocycles. The van der Waals surface area contributed by atoms with Crippen LogP contribution in [-0.4, -0.2) is 36.8 Å². The fraction of sp³-hybridized carbons (Fsp3) is 1.00. The Balaban J connectivity index is 2.50. The van der Waals surface area contributed by atoms with Gasteiger partial charge in [-0.25, -0.2) is 0 Å². The van der Waals surface area contributed by atoms with E-state index in [1.54, 1.807) is 0 Å². The van der Waals surface area contributed by atoms with Gasteiger partial charge in [0.25, 0.3) is 0 Å². The summed E-state index contributed by atoms with van der Waals surface area (Å²) < 4.78 is 36.5. The van der Waals surface area contributed by atoms with Crippen molar-refractivity contribution in [2.24, 2.45) is 11.7 Å². The quantitative estimate of drug-likeness (QED) is 0.750. The van der Waals surface area contributed by atoms with Crippen molar-refractivity contribution < 1.29 is 13.2 Å². The van der Waals surface area contributed by atoms with Crippen molar-refractivity contribution in [2.45, 2.75) is 32.0 Å². The topological polar surface area (TPSA) is 29.3 Å². The number of hydrogen-bond donors (Lipinski definition) is 1. The molecule has 84 valence electrons. The summed E-state index contributed by atoms with van der Waals surface area (Å²) >= 11 is 0. The highest BCUT2D eigenvalue weighted by atomic mass is 19.4. The Morgan fingerprint density at radius 2 is 2.07 bits per heavy atom. The summed E-state index contributed by atoms with van der Waals surface area (Å²) in [5, 5.41) is 0. The van der Waals surface area contributed by atoms with Gasteiger partial charge in [0.15, 0.2) is 0 Å². The number of alkyl halides is 3. The van der Waals surface area contributed by atoms with Crippen LogP contribution >= 0.6 is 0 Å². The molecule has 0 aromatic rings. The van der Waals surface area contributed by atoms with Crippen LogP contribution in [0.3, 0.4) is 0 Å². The molecule has 1 aliphatic heterocycles. The fourth-order valence-electron chi connectivity index (χ4n) is 1.98. The van der Waals surface area contributed by atoms with Crippen molar-refractivity contribution in [3.63, 3.8) is 0 Å². The summed E-state index contributed by atoms with van der Waals surface area (Å²) in [5.41, 5.74) is 5.47. The van der Waals surface area contributed by atoms with Crippen molar-refractivity contribution in [1.29, 1.82) is 0 Å². The second-order valence-electron chi connectivity index (χ2n) is 4.10. The van der Waals surface area contributed by atoms with Crippen LogP contribution in [0, 0.1) is 5.92 Å². The van der Waals surface area contributed by atoms with Gasteiger partial charge in [0.2, 0.25) is 0 Å². The molecule has 1 rings (SSSR count). The molecule has 0 spiro atoms. The molecule has 0 aromatic carbocycles. The lowest BCUT2D eigenvalue weighted by atomic mass is 9.92. The summed E-state index contributed by atoms with van der Waals surface area (Å²) in [4.78, 5) is 1.46. The molecule has 0 bridgehead atoms. The second-order valence-corrected chi connectivity index (χ2v) is 4.10. The summed E-state index contributed by atoms with van der Waals surface area (Å²) in [6, 6.07) is -0.0969. The minimum atomic E-state index is -4.10. The van der Waals surface area contributed by atoms with E-state index in [1.807, 2.05) is 0 Å². The molecule has 5 heteroatoms. The first-order valence-corrected chi connectivity index (χ1v) is 4.93. The highest BCUT2D eigenvalue weighted by Crippen LogP contribution is 2.25. The van der Waals surface area contributed by atoms with Gasteiger partial charge in [-0.05, 0) is 25.3 Å². The van der Waals surface area contributed by atoms with Crippen LogP contribution < -0.4 is 5.73 Å². The third-order valence-electron chi connectivity index (χ3n) is 2.75. The lowest BCUT2D eigenvalue weighted by Gasteiger charge is -2.38. The van der Waals surface area contributed by atoms with Crippen LogP contribution in [0.2, 0.25) is 0 Å². The predicted molar refractivity (Wildman–Crippen MR) is 48.9 cm³/mol. The molecule has 0 amide bonds. The summed E-state index contributed by atoms with van der Waals surface area (Å²) in [6.45, 7) is 2.08. The Morgan fingerprint density at radius 1 is 1.43 bits per heavy atom. The summed E-state index contributed by atoms with van der Waals surface area (Å²) in [7, 11) is 0. The van der Waals surface area contributed by atoms with E-state index in [1.165, 1.54) is 4.90 Å². The number of halogens is 3. The Morgan fingerprint density at radius 3 is 2.57 bits per heavy atom. The normalized spacial score (nSPS) is 30.6. The molecule has 2 N–H and O–H groups in total. The Kier molecular flexibility index (Phi) is 3.78. The van der Waals surface area contributed by atoms with Gasteiger partial charge in [-0.1, -0.05) is 6.92 Å². The molecule has 2 nitrogen and oxygen atoms in total. The predicted octanol–water partition coefficient (Wildman–Crippen LogP) is 1.61. The van der Waals surface area contributed by atoms with Gasteiger partial charge in [-0.2, -0.15) is 13.2 Å². The van der Waals surface area contributed by atoms with Gasteiger partial charge in [0, 0.05) is 12.6 Å². The second kappa shape index (κ2) is 4.49. The van der Waals surface area contributed by atoms with E-state index in [-0.39, 0.29) is 6.04 Å². The summed E-state index contributed by atoms with van der Waals surface area (Å²) in [6.07, 6.45) is -2.48. The van der Waals surface area contributed by atoms with E-state index < -0.39 is 12.7 Å². The smallest absolute Gasteiger partial charge is 0.329 e. The molecule has 0 aliphatic carbocycles. The van der Waals surface area contributed by atoms with E-state index >= 15 is 0 Å². The van der Waals surface area contributed by atoms with Crippen molar-refractivity contribution in [3.05, 3.63) is 0 Å². The zero-order valence-electron chi connectivity index (χ0n) is 8.35. The van der Waals surface area contributed by atoms with Crippen molar-refractivity contribution >= 4 is 0 Å². The highest BCUT2D eigenvalue weighted by molar-refractivity contribution is 4.82. The van der Waals surface area contributed by atoms with Gasteiger partial charge >= 0.3 is 6.18 Å². The molecule has 2 unspecified atom stereocenters. The first kappa shape index (κ1) is 11.8. The number of rotatable bonds is 2. The lowest BCUT2D eigenvalue weighted by molar-refractivity contribution is -0.154. The van der Waals surface area contributed by atoms with Gasteiger partial charge in [0.1, 0.15) is 0 Å². The SMILES string of the molecule is CC1CCN(CC(F)(F)F)C(CN)C1. The minimum Gasteiger partial charge on any atom is -0.329 e. The van der Waals surface area contributed by atoms with Crippen LogP contribution in [0.1, 0.15) is 19.8 Å². The maximum absolute atomic E-state index is 12.2. The Bertz CT molecular complexity index is 181. The van der Waals surface area contributed by atoms with E-state index in [4.69, 9.17) is 5.73 Å². The van der Waals surface area contributed by atoms with Crippen LogP contribution in [0.25, 0.3) is 0 Å². The standard InChI is InChI=1S/C9H17F3N2/c1-7-2-3-14(6-9(10,11)12)8(4-7)5-13/h7-8H,2-6,13H2,1H3. The van der Waals surface area contributed by atoms with Crippen molar-refractivity contribution in [2.75, 3.05) is 19.6 Å². The van der Waals surface area contributed by atoms with Crippen molar-refractivity contribution in [1.82, 2.24) is 4.90 Å². The Labute approximate surface area is 82.2 Å². The van der Waals surface area contributed by atoms with Gasteiger partial charge in [-0.3, -0.25) is 4.90 Å². The largest absolute Gasteiger partial charge is 0.401 e. The van der Waals surface area contributed by atoms with Gasteiger partial charge in [0.05, 0.1) is 6.54 Å². The molecule has 1 saturated heterocycles. The maximum Gasteiger partial charge on any atom is 0.401 e. The molecule has 0 aromatic heterocycles. The van der Waals surface area contributed by atoms with E-state index in [2.05, 4.69) is 6.92 Å². The number of nitrogens with two attached hydrogens (primary N) is 1. The zero-order valence-corrected chi connectivity index (χ0v) is 8.35. The number of piperidine rings is 1. The minimum absolute atomic E-state index is 0.0969. The molecule has 0 radical (unpaired) electrons. The summed E-state index contributed by atoms with van der Waals surface area (Å²) in [5.74, 6) is 0.494. The molecule has 2 atom stereocenters. The number of likely N-dealkylation sites (tertiary alicyclic amines) is 1. The number of nitrogens with zero attached hydrogens (tertiary/aromatic N) is 1. The third kappa shape index (κ3) is 3.46. The Hall–Kier alpha value is -0.290. The molecule has 0 saturated carbocycles. The maximum atomic E-state index is 12.2. The van der Waals surface area contributed by atoms with E-state index in [0.717, 1.165) is 12.8 Å². The molecular weight excluding hydrogens is 193 g/mol. The molecule has 1 aliphatic rings. The first-order chi connectivity index (χ1) is 6.42. The first-order valence-electron chi connectivity index (χ1n) is 4.93. The third-order valence-corrected chi connectivity index (χ3v) is 2.75. The van der Waals surface area contributed by atoms with Crippen LogP contribution in [-0.2, 0) is 0 Å². The monoisotopic (exact) mass is 210 g/mol. The average molecular weight is 210 g/mol. The van der Waals surface area contributed by atoms with Gasteiger partial charge < -0.3 is 5.73 Å². The average Bonchev–Trinajstić information content (AvgIpc) is 2.06. The van der Waals surface area contributed by atoms with Crippen LogP contribution in [0.15, 0.2) is 0 Å². The fourth-order valence-corrected chi connectivity index (χ4v) is 1.98. The van der Waals surface area contributed by atoms with Crippen molar-refractivity contribution in [3.8, 4) is 0 Å². The number of hydrogen-bond acceptors (Lipinski definition) is 2. The zero-order chi connectivity index (χ0) is 10.8. The van der Waals surface area contributed by atoms with E-state index in [9.17, 15) is 13.2 Å². The lowest BCUT2D eigenvalue weighted by Crippen LogP contribution is -2.49. The van der Waals surface area contributed by atoms with Gasteiger partial charge in [-0.15, -0.1) is 0 Å².